The van der Waals surface area contributed by atoms with Gasteiger partial charge in [-0.2, -0.15) is 0 Å². The van der Waals surface area contributed by atoms with E-state index in [2.05, 4.69) is 46.2 Å². The van der Waals surface area contributed by atoms with Gasteiger partial charge in [0.1, 0.15) is 0 Å². The van der Waals surface area contributed by atoms with E-state index in [0.29, 0.717) is 10.6 Å². The predicted molar refractivity (Wildman–Crippen MR) is 75.2 cm³/mol. The largest absolute Gasteiger partial charge is 0.138 e. The Hall–Kier alpha value is 0.860. The molecule has 0 aliphatic heterocycles. The van der Waals surface area contributed by atoms with Crippen molar-refractivity contribution in [1.82, 2.24) is 0 Å². The fourth-order valence-electron chi connectivity index (χ4n) is 2.83. The first kappa shape index (κ1) is 14.9. The molecule has 0 N–H and O–H groups in total. The number of rotatable bonds is 7. The third kappa shape index (κ3) is 2.70. The van der Waals surface area contributed by atoms with Gasteiger partial charge in [-0.3, -0.25) is 0 Å². The highest BCUT2D eigenvalue weighted by Crippen LogP contribution is 2.51. The van der Waals surface area contributed by atoms with Crippen LogP contribution in [0.15, 0.2) is 0 Å². The molecular weight excluding hydrogens is 206 g/mol. The van der Waals surface area contributed by atoms with E-state index < -0.39 is 0 Å². The molecule has 0 fully saturated rings. The SMILES string of the molecule is CCC(P)(CC)C(CC)(CC)CCP. The molecule has 86 valence electrons. The van der Waals surface area contributed by atoms with E-state index in [-0.39, 0.29) is 0 Å². The lowest BCUT2D eigenvalue weighted by molar-refractivity contribution is 0.157. The van der Waals surface area contributed by atoms with Crippen molar-refractivity contribution in [3.05, 3.63) is 0 Å². The van der Waals surface area contributed by atoms with E-state index in [0.717, 1.165) is 0 Å². The maximum absolute atomic E-state index is 3.17. The fourth-order valence-corrected chi connectivity index (χ4v) is 3.94. The molecule has 0 saturated carbocycles. The first-order chi connectivity index (χ1) is 6.55. The Bertz CT molecular complexity index is 146. The Morgan fingerprint density at radius 2 is 1.29 bits per heavy atom. The van der Waals surface area contributed by atoms with Crippen molar-refractivity contribution >= 4 is 18.5 Å². The van der Waals surface area contributed by atoms with Crippen LogP contribution in [0.2, 0.25) is 0 Å². The molecule has 14 heavy (non-hydrogen) atoms. The molecule has 2 heteroatoms. The van der Waals surface area contributed by atoms with Gasteiger partial charge in [-0.1, -0.05) is 27.7 Å². The summed E-state index contributed by atoms with van der Waals surface area (Å²) in [4.78, 5) is 0. The summed E-state index contributed by atoms with van der Waals surface area (Å²) in [6, 6.07) is 0. The molecule has 0 saturated heterocycles. The van der Waals surface area contributed by atoms with Crippen molar-refractivity contribution < 1.29 is 0 Å². The molecule has 0 nitrogen and oxygen atoms in total. The summed E-state index contributed by atoms with van der Waals surface area (Å²) in [5, 5.41) is 0.451. The summed E-state index contributed by atoms with van der Waals surface area (Å²) in [7, 11) is 6.06. The van der Waals surface area contributed by atoms with Crippen LogP contribution in [-0.4, -0.2) is 11.3 Å². The van der Waals surface area contributed by atoms with Gasteiger partial charge in [0.15, 0.2) is 0 Å². The van der Waals surface area contributed by atoms with Gasteiger partial charge in [0.2, 0.25) is 0 Å². The highest BCUT2D eigenvalue weighted by molar-refractivity contribution is 7.19. The molecule has 0 aliphatic carbocycles. The van der Waals surface area contributed by atoms with E-state index >= 15 is 0 Å². The minimum Gasteiger partial charge on any atom is -0.138 e. The summed E-state index contributed by atoms with van der Waals surface area (Å²) in [6.45, 7) is 9.38. The normalized spacial score (nSPS) is 13.3. The van der Waals surface area contributed by atoms with E-state index in [1.807, 2.05) is 0 Å². The molecule has 0 aliphatic rings. The Balaban J connectivity index is 4.92. The average molecular weight is 234 g/mol. The smallest absolute Gasteiger partial charge is 0.00992 e. The summed E-state index contributed by atoms with van der Waals surface area (Å²) in [5.74, 6) is 0. The molecule has 0 aromatic rings. The second-order valence-corrected chi connectivity index (χ2v) is 6.07. The van der Waals surface area contributed by atoms with Gasteiger partial charge >= 0.3 is 0 Å². The third-order valence-corrected chi connectivity index (χ3v) is 6.01. The Morgan fingerprint density at radius 3 is 1.50 bits per heavy atom. The van der Waals surface area contributed by atoms with Crippen LogP contribution in [0, 0.1) is 5.41 Å². The van der Waals surface area contributed by atoms with Gasteiger partial charge in [-0.15, -0.1) is 18.5 Å². The topological polar surface area (TPSA) is 0 Å². The maximum atomic E-state index is 3.17. The van der Waals surface area contributed by atoms with E-state index in [4.69, 9.17) is 0 Å². The minimum absolute atomic E-state index is 0.451. The fraction of sp³-hybridized carbons (Fsp3) is 1.00. The lowest BCUT2D eigenvalue weighted by atomic mass is 9.66. The van der Waals surface area contributed by atoms with Crippen molar-refractivity contribution in [3.63, 3.8) is 0 Å². The predicted octanol–water partition coefficient (Wildman–Crippen LogP) is 4.49. The van der Waals surface area contributed by atoms with Crippen LogP contribution in [-0.2, 0) is 0 Å². The third-order valence-electron chi connectivity index (χ3n) is 4.29. The minimum atomic E-state index is 0.451. The van der Waals surface area contributed by atoms with Crippen molar-refractivity contribution in [2.24, 2.45) is 5.41 Å². The van der Waals surface area contributed by atoms with Crippen LogP contribution in [0.1, 0.15) is 59.8 Å². The Morgan fingerprint density at radius 1 is 0.857 bits per heavy atom. The van der Waals surface area contributed by atoms with Gasteiger partial charge < -0.3 is 0 Å². The first-order valence-electron chi connectivity index (χ1n) is 6.04. The Labute approximate surface area is 95.4 Å². The van der Waals surface area contributed by atoms with Gasteiger partial charge in [0.05, 0.1) is 0 Å². The van der Waals surface area contributed by atoms with Crippen molar-refractivity contribution in [3.8, 4) is 0 Å². The monoisotopic (exact) mass is 234 g/mol. The van der Waals surface area contributed by atoms with Gasteiger partial charge in [-0.25, -0.2) is 0 Å². The summed E-state index contributed by atoms with van der Waals surface area (Å²) in [6.07, 6.45) is 7.75. The van der Waals surface area contributed by atoms with Gasteiger partial charge in [0.25, 0.3) is 0 Å². The second-order valence-electron chi connectivity index (χ2n) is 4.39. The molecule has 0 amide bonds. The van der Waals surface area contributed by atoms with E-state index in [1.54, 1.807) is 0 Å². The zero-order valence-electron chi connectivity index (χ0n) is 10.4. The summed E-state index contributed by atoms with van der Waals surface area (Å²) in [5.41, 5.74) is 0.531. The standard InChI is InChI=1S/C12H28P2/c1-5-11(6-2,9-10-13)12(14,7-3)8-4/h5-10,13-14H2,1-4H3. The molecule has 0 bridgehead atoms. The van der Waals surface area contributed by atoms with Crippen LogP contribution in [0.3, 0.4) is 0 Å². The number of hydrogen-bond acceptors (Lipinski definition) is 0. The molecule has 0 rings (SSSR count). The maximum Gasteiger partial charge on any atom is -0.00992 e. The lowest BCUT2D eigenvalue weighted by Crippen LogP contribution is -2.42. The quantitative estimate of drug-likeness (QED) is 0.569. The van der Waals surface area contributed by atoms with Crippen LogP contribution in [0.5, 0.6) is 0 Å². The molecule has 0 radical (unpaired) electrons. The molecule has 0 spiro atoms. The van der Waals surface area contributed by atoms with Crippen molar-refractivity contribution in [1.29, 1.82) is 0 Å². The molecular formula is C12H28P2. The van der Waals surface area contributed by atoms with Gasteiger partial charge in [-0.05, 0) is 48.8 Å². The van der Waals surface area contributed by atoms with Crippen molar-refractivity contribution in [2.75, 3.05) is 6.16 Å². The number of hydrogen-bond donors (Lipinski definition) is 0. The van der Waals surface area contributed by atoms with Crippen LogP contribution in [0.4, 0.5) is 0 Å². The second kappa shape index (κ2) is 6.44. The highest BCUT2D eigenvalue weighted by atomic mass is 31.0. The Kier molecular flexibility index (Phi) is 6.84. The first-order valence-corrected chi connectivity index (χ1v) is 7.44. The van der Waals surface area contributed by atoms with Crippen molar-refractivity contribution in [2.45, 2.75) is 65.0 Å². The van der Waals surface area contributed by atoms with E-state index in [1.165, 1.54) is 38.3 Å². The zero-order valence-corrected chi connectivity index (χ0v) is 12.7. The molecule has 2 atom stereocenters. The van der Waals surface area contributed by atoms with E-state index in [9.17, 15) is 0 Å². The lowest BCUT2D eigenvalue weighted by Gasteiger charge is -2.48. The molecule has 0 heterocycles. The zero-order chi connectivity index (χ0) is 11.2. The molecule has 0 aromatic heterocycles. The van der Waals surface area contributed by atoms with Crippen LogP contribution >= 0.6 is 18.5 Å². The summed E-state index contributed by atoms with van der Waals surface area (Å²) >= 11 is 0. The summed E-state index contributed by atoms with van der Waals surface area (Å²) < 4.78 is 0. The average Bonchev–Trinajstić information content (AvgIpc) is 2.24. The highest BCUT2D eigenvalue weighted by Gasteiger charge is 2.42. The molecule has 2 unspecified atom stereocenters. The molecule has 0 aromatic carbocycles. The van der Waals surface area contributed by atoms with Crippen LogP contribution in [0.25, 0.3) is 0 Å². The van der Waals surface area contributed by atoms with Gasteiger partial charge in [0, 0.05) is 0 Å². The van der Waals surface area contributed by atoms with Crippen LogP contribution < -0.4 is 0 Å².